The maximum atomic E-state index is 16.7. The van der Waals surface area contributed by atoms with Gasteiger partial charge in [-0.15, -0.1) is 0 Å². The Kier molecular flexibility index (Phi) is 5.76. The predicted molar refractivity (Wildman–Crippen MR) is 129 cm³/mol. The topological polar surface area (TPSA) is 12.9 Å². The highest BCUT2D eigenvalue weighted by Gasteiger charge is 2.49. The summed E-state index contributed by atoms with van der Waals surface area (Å²) in [6, 6.07) is 4.73. The summed E-state index contributed by atoms with van der Waals surface area (Å²) in [7, 11) is 0. The minimum atomic E-state index is -4.42. The number of fused-ring (bicyclic) bond motifs is 1. The van der Waals surface area contributed by atoms with Crippen molar-refractivity contribution in [3.63, 3.8) is 0 Å². The summed E-state index contributed by atoms with van der Waals surface area (Å²) < 4.78 is 56.2. The lowest BCUT2D eigenvalue weighted by atomic mass is 9.71. The molecule has 0 unspecified atom stereocenters. The second-order valence-electron chi connectivity index (χ2n) is 11.9. The molecule has 0 aliphatic heterocycles. The molecule has 0 N–H and O–H groups in total. The van der Waals surface area contributed by atoms with Gasteiger partial charge in [-0.25, -0.2) is 4.39 Å². The molecule has 3 fully saturated rings. The van der Waals surface area contributed by atoms with Gasteiger partial charge in [-0.1, -0.05) is 44.7 Å². The van der Waals surface area contributed by atoms with Crippen LogP contribution in [0.25, 0.3) is 0 Å². The van der Waals surface area contributed by atoms with E-state index in [-0.39, 0.29) is 5.92 Å². The van der Waals surface area contributed by atoms with Crippen molar-refractivity contribution in [1.29, 1.82) is 0 Å². The van der Waals surface area contributed by atoms with Gasteiger partial charge < -0.3 is 0 Å². The largest absolute Gasteiger partial charge is 0.416 e. The second-order valence-corrected chi connectivity index (χ2v) is 11.9. The lowest BCUT2D eigenvalue weighted by Crippen LogP contribution is -2.25. The molecule has 188 valence electrons. The number of nitrogens with zero attached hydrogens (tertiary/aromatic N) is 1. The lowest BCUT2D eigenvalue weighted by Gasteiger charge is -2.36. The fourth-order valence-electron chi connectivity index (χ4n) is 7.56. The zero-order chi connectivity index (χ0) is 24.4. The Morgan fingerprint density at radius 3 is 2.06 bits per heavy atom. The Bertz CT molecular complexity index is 1090. The SMILES string of the molecule is C[C@H]1CC2(CC2)Cc2nc(C3CCCC3)c([C@@H](F)c3ccc(C(F)(F)F)cc3)c(C3CCCC3)c21. The Hall–Kier alpha value is -1.91. The van der Waals surface area contributed by atoms with Crippen molar-refractivity contribution in [2.75, 3.05) is 0 Å². The third-order valence-corrected chi connectivity index (χ3v) is 9.44. The highest BCUT2D eigenvalue weighted by molar-refractivity contribution is 5.52. The second kappa shape index (κ2) is 8.59. The van der Waals surface area contributed by atoms with E-state index in [1.54, 1.807) is 0 Å². The highest BCUT2D eigenvalue weighted by Crippen LogP contribution is 2.60. The summed E-state index contributed by atoms with van der Waals surface area (Å²) in [6.45, 7) is 2.29. The van der Waals surface area contributed by atoms with Crippen molar-refractivity contribution in [2.45, 2.75) is 114 Å². The fraction of sp³-hybridized carbons (Fsp3) is 0.633. The van der Waals surface area contributed by atoms with Crippen LogP contribution in [0.1, 0.15) is 141 Å². The number of benzene rings is 1. The molecule has 0 bridgehead atoms. The van der Waals surface area contributed by atoms with Crippen molar-refractivity contribution in [1.82, 2.24) is 4.98 Å². The molecule has 0 radical (unpaired) electrons. The van der Waals surface area contributed by atoms with Crippen LogP contribution in [0.2, 0.25) is 0 Å². The molecule has 1 nitrogen and oxygen atoms in total. The average Bonchev–Trinajstić information content (AvgIpc) is 3.26. The number of halogens is 4. The van der Waals surface area contributed by atoms with Gasteiger partial charge in [0.15, 0.2) is 6.17 Å². The van der Waals surface area contributed by atoms with Crippen LogP contribution in [0.3, 0.4) is 0 Å². The summed E-state index contributed by atoms with van der Waals surface area (Å²) >= 11 is 0. The summed E-state index contributed by atoms with van der Waals surface area (Å²) in [6.07, 6.45) is 7.67. The molecule has 6 rings (SSSR count). The van der Waals surface area contributed by atoms with Gasteiger partial charge in [0.1, 0.15) is 0 Å². The van der Waals surface area contributed by atoms with E-state index in [0.717, 1.165) is 87.6 Å². The first-order valence-corrected chi connectivity index (χ1v) is 13.6. The molecular formula is C30H35F4N. The summed E-state index contributed by atoms with van der Waals surface area (Å²) in [5.41, 5.74) is 5.36. The number of hydrogen-bond donors (Lipinski definition) is 0. The van der Waals surface area contributed by atoms with Gasteiger partial charge in [-0.3, -0.25) is 4.98 Å². The molecule has 3 saturated carbocycles. The standard InChI is InChI=1S/C30H35F4N/c1-18-16-29(14-15-29)17-23-24(18)25(19-6-2-3-7-19)26(28(35-23)21-8-4-5-9-21)27(31)20-10-12-22(13-11-20)30(32,33)34/h10-13,18-19,21,27H,2-9,14-17H2,1H3/t18-,27-/m0/s1. The van der Waals surface area contributed by atoms with E-state index in [0.29, 0.717) is 22.8 Å². The maximum absolute atomic E-state index is 16.7. The van der Waals surface area contributed by atoms with Crippen molar-refractivity contribution in [3.8, 4) is 0 Å². The van der Waals surface area contributed by atoms with E-state index in [2.05, 4.69) is 6.92 Å². The van der Waals surface area contributed by atoms with Crippen molar-refractivity contribution >= 4 is 0 Å². The van der Waals surface area contributed by atoms with Crippen LogP contribution in [-0.4, -0.2) is 4.98 Å². The van der Waals surface area contributed by atoms with Crippen molar-refractivity contribution in [3.05, 3.63) is 63.5 Å². The average molecular weight is 486 g/mol. The first-order valence-electron chi connectivity index (χ1n) is 13.6. The molecular weight excluding hydrogens is 450 g/mol. The minimum Gasteiger partial charge on any atom is -0.257 e. The first-order chi connectivity index (χ1) is 16.8. The Morgan fingerprint density at radius 2 is 1.49 bits per heavy atom. The zero-order valence-corrected chi connectivity index (χ0v) is 20.6. The van der Waals surface area contributed by atoms with E-state index in [4.69, 9.17) is 4.98 Å². The third-order valence-electron chi connectivity index (χ3n) is 9.44. The summed E-state index contributed by atoms with van der Waals surface area (Å²) in [5, 5.41) is 0. The number of rotatable bonds is 4. The smallest absolute Gasteiger partial charge is 0.257 e. The van der Waals surface area contributed by atoms with Crippen LogP contribution in [0.15, 0.2) is 24.3 Å². The van der Waals surface area contributed by atoms with Gasteiger partial charge in [-0.2, -0.15) is 13.2 Å². The lowest BCUT2D eigenvalue weighted by molar-refractivity contribution is -0.137. The molecule has 2 aromatic rings. The summed E-state index contributed by atoms with van der Waals surface area (Å²) in [4.78, 5) is 5.30. The van der Waals surface area contributed by atoms with E-state index < -0.39 is 17.9 Å². The van der Waals surface area contributed by atoms with Gasteiger partial charge in [0.2, 0.25) is 0 Å². The highest BCUT2D eigenvalue weighted by atomic mass is 19.4. The molecule has 1 aromatic heterocycles. The molecule has 4 aliphatic carbocycles. The molecule has 4 aliphatic rings. The molecule has 0 saturated heterocycles. The number of aromatic nitrogens is 1. The monoisotopic (exact) mass is 485 g/mol. The van der Waals surface area contributed by atoms with Crippen molar-refractivity contribution < 1.29 is 17.6 Å². The first kappa shape index (κ1) is 23.5. The fourth-order valence-corrected chi connectivity index (χ4v) is 7.56. The molecule has 0 amide bonds. The number of pyridine rings is 1. The van der Waals surface area contributed by atoms with Crippen LogP contribution >= 0.6 is 0 Å². The zero-order valence-electron chi connectivity index (χ0n) is 20.6. The Morgan fingerprint density at radius 1 is 0.886 bits per heavy atom. The number of alkyl halides is 4. The molecule has 2 atom stereocenters. The number of hydrogen-bond acceptors (Lipinski definition) is 1. The van der Waals surface area contributed by atoms with Crippen molar-refractivity contribution in [2.24, 2.45) is 5.41 Å². The van der Waals surface area contributed by atoms with Gasteiger partial charge in [0.05, 0.1) is 11.3 Å². The maximum Gasteiger partial charge on any atom is 0.416 e. The van der Waals surface area contributed by atoms with Gasteiger partial charge in [0, 0.05) is 17.2 Å². The van der Waals surface area contributed by atoms with E-state index in [1.807, 2.05) is 0 Å². The van der Waals surface area contributed by atoms with E-state index >= 15 is 4.39 Å². The Labute approximate surface area is 205 Å². The molecule has 1 aromatic carbocycles. The van der Waals surface area contributed by atoms with Crippen LogP contribution in [0.5, 0.6) is 0 Å². The molecule has 1 spiro atoms. The van der Waals surface area contributed by atoms with Crippen LogP contribution < -0.4 is 0 Å². The van der Waals surface area contributed by atoms with Gasteiger partial charge in [0.25, 0.3) is 0 Å². The van der Waals surface area contributed by atoms with Gasteiger partial charge >= 0.3 is 6.18 Å². The van der Waals surface area contributed by atoms with E-state index in [9.17, 15) is 13.2 Å². The molecule has 1 heterocycles. The van der Waals surface area contributed by atoms with Crippen LogP contribution in [-0.2, 0) is 12.6 Å². The summed E-state index contributed by atoms with van der Waals surface area (Å²) in [5.74, 6) is 0.960. The quantitative estimate of drug-likeness (QED) is 0.393. The minimum absolute atomic E-state index is 0.260. The molecule has 35 heavy (non-hydrogen) atoms. The molecule has 5 heteroatoms. The van der Waals surface area contributed by atoms with Crippen LogP contribution in [0, 0.1) is 5.41 Å². The normalized spacial score (nSPS) is 25.2. The van der Waals surface area contributed by atoms with E-state index in [1.165, 1.54) is 41.8 Å². The third kappa shape index (κ3) is 4.21. The van der Waals surface area contributed by atoms with Crippen LogP contribution in [0.4, 0.5) is 17.6 Å². The predicted octanol–water partition coefficient (Wildman–Crippen LogP) is 9.30. The van der Waals surface area contributed by atoms with Gasteiger partial charge in [-0.05, 0) is 97.4 Å². The Balaban J connectivity index is 1.53.